The highest BCUT2D eigenvalue weighted by molar-refractivity contribution is 7.45. The minimum Gasteiger partial charge on any atom is -0.756 e. The Morgan fingerprint density at radius 1 is 0.463 bits per heavy atom. The van der Waals surface area contributed by atoms with Crippen molar-refractivity contribution in [2.75, 3.05) is 47.5 Å². The number of phosphoric acid groups is 1. The van der Waals surface area contributed by atoms with Crippen LogP contribution in [0.2, 0.25) is 0 Å². The van der Waals surface area contributed by atoms with Crippen molar-refractivity contribution in [3.05, 3.63) is 36.5 Å². The molecule has 0 aliphatic rings. The van der Waals surface area contributed by atoms with Gasteiger partial charge in [0.15, 0.2) is 6.10 Å². The Morgan fingerprint density at radius 3 is 1.19 bits per heavy atom. The average Bonchev–Trinajstić information content (AvgIpc) is 3.29. The van der Waals surface area contributed by atoms with Gasteiger partial charge in [0.1, 0.15) is 19.8 Å². The Morgan fingerprint density at radius 2 is 0.806 bits per heavy atom. The summed E-state index contributed by atoms with van der Waals surface area (Å²) in [5.41, 5.74) is 0. The normalized spacial score (nSPS) is 13.6. The molecule has 0 aromatic rings. The maximum absolute atomic E-state index is 12.8. The van der Waals surface area contributed by atoms with Crippen LogP contribution in [0.5, 0.6) is 0 Å². The van der Waals surface area contributed by atoms with Gasteiger partial charge in [0.2, 0.25) is 0 Å². The predicted octanol–water partition coefficient (Wildman–Crippen LogP) is 16.6. The predicted molar refractivity (Wildman–Crippen MR) is 282 cm³/mol. The zero-order valence-electron chi connectivity index (χ0n) is 44.6. The van der Waals surface area contributed by atoms with E-state index in [2.05, 4.69) is 50.3 Å². The molecule has 0 N–H and O–H groups in total. The molecule has 10 heteroatoms. The summed E-state index contributed by atoms with van der Waals surface area (Å²) >= 11 is 0. The van der Waals surface area contributed by atoms with Gasteiger partial charge >= 0.3 is 11.9 Å². The van der Waals surface area contributed by atoms with E-state index >= 15 is 0 Å². The molecule has 0 heterocycles. The Balaban J connectivity index is 4.08. The van der Waals surface area contributed by atoms with Crippen LogP contribution in [0, 0.1) is 0 Å². The molecule has 0 radical (unpaired) electrons. The van der Waals surface area contributed by atoms with E-state index in [1.165, 1.54) is 167 Å². The average molecular weight is 966 g/mol. The molecule has 0 saturated carbocycles. The fraction of sp³-hybridized carbons (Fsp3) is 0.860. The number of phosphoric ester groups is 1. The van der Waals surface area contributed by atoms with Crippen LogP contribution in [0.4, 0.5) is 0 Å². The molecule has 0 rings (SSSR count). The Kier molecular flexibility index (Phi) is 47.9. The lowest BCUT2D eigenvalue weighted by Crippen LogP contribution is -2.37. The number of unbranched alkanes of at least 4 members (excludes halogenated alkanes) is 32. The van der Waals surface area contributed by atoms with Gasteiger partial charge in [-0.15, -0.1) is 0 Å². The van der Waals surface area contributed by atoms with Crippen molar-refractivity contribution >= 4 is 19.8 Å². The maximum atomic E-state index is 12.8. The van der Waals surface area contributed by atoms with E-state index in [-0.39, 0.29) is 32.0 Å². The molecule has 0 bridgehead atoms. The van der Waals surface area contributed by atoms with Gasteiger partial charge < -0.3 is 27.9 Å². The van der Waals surface area contributed by atoms with E-state index < -0.39 is 26.5 Å². The zero-order chi connectivity index (χ0) is 49.2. The number of rotatable bonds is 52. The lowest BCUT2D eigenvalue weighted by molar-refractivity contribution is -0.870. The molecule has 0 aromatic carbocycles. The number of carbonyl (C=O) groups excluding carboxylic acids is 2. The summed E-state index contributed by atoms with van der Waals surface area (Å²) in [6, 6.07) is 0. The van der Waals surface area contributed by atoms with Crippen LogP contribution in [0.15, 0.2) is 36.5 Å². The number of carbonyl (C=O) groups is 2. The van der Waals surface area contributed by atoms with Crippen LogP contribution in [0.25, 0.3) is 0 Å². The van der Waals surface area contributed by atoms with E-state index in [0.29, 0.717) is 17.4 Å². The second-order valence-electron chi connectivity index (χ2n) is 20.3. The van der Waals surface area contributed by atoms with Gasteiger partial charge in [-0.3, -0.25) is 14.2 Å². The highest BCUT2D eigenvalue weighted by Gasteiger charge is 2.21. The SMILES string of the molecule is CCCCCCC/C=C\C/C=C\CCCCCCCCCCCCCCCCCCCC(=O)OC(COC(=O)CCCCCCC/C=C\CCCCCCC)COP(=O)([O-])OCC[N+](C)(C)C. The molecular weight excluding hydrogens is 858 g/mol. The number of hydrogen-bond donors (Lipinski definition) is 0. The fourth-order valence-electron chi connectivity index (χ4n) is 7.98. The molecule has 9 nitrogen and oxygen atoms in total. The molecule has 2 atom stereocenters. The van der Waals surface area contributed by atoms with Crippen molar-refractivity contribution < 1.29 is 42.1 Å². The topological polar surface area (TPSA) is 111 Å². The molecule has 0 saturated heterocycles. The van der Waals surface area contributed by atoms with Crippen LogP contribution in [-0.4, -0.2) is 70.0 Å². The first-order chi connectivity index (χ1) is 32.5. The summed E-state index contributed by atoms with van der Waals surface area (Å²) in [6.45, 7) is 4.23. The number of quaternary nitrogens is 1. The van der Waals surface area contributed by atoms with E-state index in [0.717, 1.165) is 64.2 Å². The molecule has 0 aromatic heterocycles. The van der Waals surface area contributed by atoms with Crippen molar-refractivity contribution in [1.29, 1.82) is 0 Å². The van der Waals surface area contributed by atoms with Crippen LogP contribution >= 0.6 is 7.82 Å². The van der Waals surface area contributed by atoms with Gasteiger partial charge in [-0.2, -0.15) is 0 Å². The molecule has 0 fully saturated rings. The van der Waals surface area contributed by atoms with Crippen molar-refractivity contribution in [2.45, 2.75) is 270 Å². The van der Waals surface area contributed by atoms with E-state index in [1.807, 2.05) is 21.1 Å². The van der Waals surface area contributed by atoms with E-state index in [1.54, 1.807) is 0 Å². The largest absolute Gasteiger partial charge is 0.756 e. The van der Waals surface area contributed by atoms with Gasteiger partial charge in [0.05, 0.1) is 27.7 Å². The maximum Gasteiger partial charge on any atom is 0.306 e. The first-order valence-electron chi connectivity index (χ1n) is 28.2. The third-order valence-corrected chi connectivity index (χ3v) is 13.3. The summed E-state index contributed by atoms with van der Waals surface area (Å²) < 4.78 is 34.1. The molecule has 0 amide bonds. The first-order valence-corrected chi connectivity index (χ1v) is 29.7. The molecular formula is C57H108NO8P. The molecule has 394 valence electrons. The smallest absolute Gasteiger partial charge is 0.306 e. The third kappa shape index (κ3) is 53.4. The summed E-state index contributed by atoms with van der Waals surface area (Å²) in [4.78, 5) is 37.7. The molecule has 67 heavy (non-hydrogen) atoms. The number of ether oxygens (including phenoxy) is 2. The van der Waals surface area contributed by atoms with Crippen LogP contribution in [0.3, 0.4) is 0 Å². The molecule has 0 aliphatic heterocycles. The Labute approximate surface area is 414 Å². The second kappa shape index (κ2) is 49.2. The number of nitrogens with zero attached hydrogens (tertiary/aromatic N) is 1. The zero-order valence-corrected chi connectivity index (χ0v) is 45.5. The van der Waals surface area contributed by atoms with Crippen LogP contribution < -0.4 is 4.89 Å². The number of hydrogen-bond acceptors (Lipinski definition) is 8. The Hall–Kier alpha value is -1.77. The number of likely N-dealkylation sites (N-methyl/N-ethyl adjacent to an activating group) is 1. The Bertz CT molecular complexity index is 1230. The second-order valence-corrected chi connectivity index (χ2v) is 21.7. The molecule has 0 spiro atoms. The van der Waals surface area contributed by atoms with Gasteiger partial charge in [-0.05, 0) is 70.6 Å². The monoisotopic (exact) mass is 966 g/mol. The van der Waals surface area contributed by atoms with Gasteiger partial charge in [-0.25, -0.2) is 0 Å². The van der Waals surface area contributed by atoms with Gasteiger partial charge in [0, 0.05) is 12.8 Å². The lowest BCUT2D eigenvalue weighted by Gasteiger charge is -2.28. The first kappa shape index (κ1) is 65.2. The summed E-state index contributed by atoms with van der Waals surface area (Å²) in [5, 5.41) is 0. The lowest BCUT2D eigenvalue weighted by atomic mass is 10.0. The van der Waals surface area contributed by atoms with E-state index in [4.69, 9.17) is 18.5 Å². The van der Waals surface area contributed by atoms with Crippen molar-refractivity contribution in [3.63, 3.8) is 0 Å². The van der Waals surface area contributed by atoms with Crippen molar-refractivity contribution in [2.24, 2.45) is 0 Å². The minimum atomic E-state index is -4.63. The van der Waals surface area contributed by atoms with Crippen molar-refractivity contribution in [1.82, 2.24) is 0 Å². The van der Waals surface area contributed by atoms with E-state index in [9.17, 15) is 19.0 Å². The summed E-state index contributed by atoms with van der Waals surface area (Å²) in [5.74, 6) is -0.834. The molecule has 2 unspecified atom stereocenters. The summed E-state index contributed by atoms with van der Waals surface area (Å²) in [7, 11) is 1.17. The quantitative estimate of drug-likeness (QED) is 0.0195. The summed E-state index contributed by atoms with van der Waals surface area (Å²) in [6.07, 6.45) is 59.1. The third-order valence-electron chi connectivity index (χ3n) is 12.4. The fourth-order valence-corrected chi connectivity index (χ4v) is 8.70. The van der Waals surface area contributed by atoms with Gasteiger partial charge in [-0.1, -0.05) is 217 Å². The van der Waals surface area contributed by atoms with Crippen LogP contribution in [-0.2, 0) is 32.7 Å². The standard InChI is InChI=1S/C57H108NO8P/c1-6-8-10-12-14-16-18-20-22-23-24-25-26-27-28-29-30-31-32-33-34-35-36-38-40-42-44-46-48-50-57(60)66-55(54-65-67(61,62)64-52-51-58(3,4)5)53-63-56(59)49-47-45-43-41-39-37-21-19-17-15-13-11-9-7-2/h18-21,23-24,55H,6-17,22,25-54H2,1-5H3/b20-18-,21-19-,24-23-. The number of esters is 2. The van der Waals surface area contributed by atoms with Crippen molar-refractivity contribution in [3.8, 4) is 0 Å². The molecule has 0 aliphatic carbocycles. The van der Waals surface area contributed by atoms with Crippen LogP contribution in [0.1, 0.15) is 264 Å². The number of allylic oxidation sites excluding steroid dienone is 6. The highest BCUT2D eigenvalue weighted by Crippen LogP contribution is 2.38. The highest BCUT2D eigenvalue weighted by atomic mass is 31.2. The van der Waals surface area contributed by atoms with Gasteiger partial charge in [0.25, 0.3) is 7.82 Å². The minimum absolute atomic E-state index is 0.0307.